The van der Waals surface area contributed by atoms with E-state index in [1.54, 1.807) is 0 Å². The number of carbonyl (C=O) groups is 1. The van der Waals surface area contributed by atoms with Crippen molar-refractivity contribution in [1.29, 1.82) is 0 Å². The molecule has 1 aromatic heterocycles. The van der Waals surface area contributed by atoms with E-state index in [1.807, 2.05) is 12.1 Å². The first-order chi connectivity index (χ1) is 9.19. The summed E-state index contributed by atoms with van der Waals surface area (Å²) in [5.74, 6) is 0.675. The van der Waals surface area contributed by atoms with Gasteiger partial charge in [0.15, 0.2) is 5.82 Å². The molecule has 0 spiro atoms. The molecule has 2 rings (SSSR count). The SMILES string of the molecule is CCCCc1ccc(-c2n[nH]c(CC(N)=O)n2)cc1. The van der Waals surface area contributed by atoms with Gasteiger partial charge < -0.3 is 5.73 Å². The first kappa shape index (κ1) is 13.3. The predicted molar refractivity (Wildman–Crippen MR) is 73.3 cm³/mol. The third kappa shape index (κ3) is 3.64. The third-order valence-electron chi connectivity index (χ3n) is 2.90. The van der Waals surface area contributed by atoms with Crippen LogP contribution in [0.1, 0.15) is 31.2 Å². The van der Waals surface area contributed by atoms with Crippen molar-refractivity contribution in [2.75, 3.05) is 0 Å². The first-order valence-corrected chi connectivity index (χ1v) is 6.48. The molecule has 0 saturated heterocycles. The fraction of sp³-hybridized carbons (Fsp3) is 0.357. The molecule has 0 bridgehead atoms. The smallest absolute Gasteiger partial charge is 0.225 e. The maximum Gasteiger partial charge on any atom is 0.225 e. The first-order valence-electron chi connectivity index (χ1n) is 6.48. The molecule has 19 heavy (non-hydrogen) atoms. The van der Waals surface area contributed by atoms with E-state index in [2.05, 4.69) is 34.2 Å². The molecule has 5 heteroatoms. The molecule has 2 aromatic rings. The Morgan fingerprint density at radius 1 is 1.32 bits per heavy atom. The number of aromatic amines is 1. The van der Waals surface area contributed by atoms with Crippen molar-refractivity contribution in [3.05, 3.63) is 35.7 Å². The van der Waals surface area contributed by atoms with Crippen LogP contribution in [-0.4, -0.2) is 21.1 Å². The lowest BCUT2D eigenvalue weighted by Crippen LogP contribution is -2.14. The molecule has 0 saturated carbocycles. The molecule has 1 heterocycles. The molecule has 1 amide bonds. The predicted octanol–water partition coefficient (Wildman–Crippen LogP) is 1.84. The molecule has 0 radical (unpaired) electrons. The number of hydrogen-bond donors (Lipinski definition) is 2. The molecule has 0 aliphatic heterocycles. The number of H-pyrrole nitrogens is 1. The normalized spacial score (nSPS) is 10.6. The molecule has 1 aromatic carbocycles. The molecule has 5 nitrogen and oxygen atoms in total. The second kappa shape index (κ2) is 6.13. The molecular formula is C14H18N4O. The molecule has 100 valence electrons. The van der Waals surface area contributed by atoms with Gasteiger partial charge >= 0.3 is 0 Å². The number of benzene rings is 1. The molecule has 0 fully saturated rings. The van der Waals surface area contributed by atoms with Crippen molar-refractivity contribution in [2.45, 2.75) is 32.6 Å². The van der Waals surface area contributed by atoms with Gasteiger partial charge in [-0.1, -0.05) is 37.6 Å². The number of nitrogens with zero attached hydrogens (tertiary/aromatic N) is 2. The van der Waals surface area contributed by atoms with Crippen LogP contribution >= 0.6 is 0 Å². The van der Waals surface area contributed by atoms with Crippen LogP contribution in [0.3, 0.4) is 0 Å². The topological polar surface area (TPSA) is 84.7 Å². The Hall–Kier alpha value is -2.17. The Morgan fingerprint density at radius 3 is 2.68 bits per heavy atom. The van der Waals surface area contributed by atoms with Crippen LogP contribution in [0.4, 0.5) is 0 Å². The summed E-state index contributed by atoms with van der Waals surface area (Å²) in [6.07, 6.45) is 3.57. The lowest BCUT2D eigenvalue weighted by molar-refractivity contribution is -0.117. The Kier molecular flexibility index (Phi) is 4.28. The minimum Gasteiger partial charge on any atom is -0.369 e. The number of aromatic nitrogens is 3. The molecule has 3 N–H and O–H groups in total. The highest BCUT2D eigenvalue weighted by Crippen LogP contribution is 2.16. The number of hydrogen-bond acceptors (Lipinski definition) is 3. The number of primary amides is 1. The van der Waals surface area contributed by atoms with Crippen molar-refractivity contribution < 1.29 is 4.79 Å². The second-order valence-corrected chi connectivity index (χ2v) is 4.55. The van der Waals surface area contributed by atoms with Crippen LogP contribution in [0.25, 0.3) is 11.4 Å². The van der Waals surface area contributed by atoms with Crippen LogP contribution in [0, 0.1) is 0 Å². The van der Waals surface area contributed by atoms with E-state index in [0.29, 0.717) is 11.6 Å². The number of rotatable bonds is 6. The van der Waals surface area contributed by atoms with E-state index in [4.69, 9.17) is 5.73 Å². The van der Waals surface area contributed by atoms with Crippen molar-refractivity contribution in [2.24, 2.45) is 5.73 Å². The van der Waals surface area contributed by atoms with Crippen molar-refractivity contribution in [3.63, 3.8) is 0 Å². The van der Waals surface area contributed by atoms with Crippen molar-refractivity contribution in [1.82, 2.24) is 15.2 Å². The van der Waals surface area contributed by atoms with Gasteiger partial charge in [0.25, 0.3) is 0 Å². The Balaban J connectivity index is 2.09. The Labute approximate surface area is 112 Å². The zero-order valence-electron chi connectivity index (χ0n) is 11.0. The molecule has 0 atom stereocenters. The standard InChI is InChI=1S/C14H18N4O/c1-2-3-4-10-5-7-11(8-6-10)14-16-13(17-18-14)9-12(15)19/h5-8H,2-4,9H2,1H3,(H2,15,19)(H,16,17,18). The summed E-state index contributed by atoms with van der Waals surface area (Å²) in [4.78, 5) is 15.0. The number of nitrogens with two attached hydrogens (primary N) is 1. The van der Waals surface area contributed by atoms with Gasteiger partial charge in [-0.15, -0.1) is 0 Å². The number of nitrogens with one attached hydrogen (secondary N) is 1. The van der Waals surface area contributed by atoms with Gasteiger partial charge in [-0.3, -0.25) is 9.89 Å². The minimum absolute atomic E-state index is 0.0849. The fourth-order valence-electron chi connectivity index (χ4n) is 1.87. The molecule has 0 unspecified atom stereocenters. The van der Waals surface area contributed by atoms with Crippen LogP contribution in [-0.2, 0) is 17.6 Å². The summed E-state index contributed by atoms with van der Waals surface area (Å²) in [6, 6.07) is 8.19. The monoisotopic (exact) mass is 258 g/mol. The number of aryl methyl sites for hydroxylation is 1. The second-order valence-electron chi connectivity index (χ2n) is 4.55. The highest BCUT2D eigenvalue weighted by atomic mass is 16.1. The van der Waals surface area contributed by atoms with Gasteiger partial charge in [0.1, 0.15) is 5.82 Å². The summed E-state index contributed by atoms with van der Waals surface area (Å²) in [5, 5.41) is 6.81. The fourth-order valence-corrected chi connectivity index (χ4v) is 1.87. The lowest BCUT2D eigenvalue weighted by atomic mass is 10.1. The average molecular weight is 258 g/mol. The van der Waals surface area contributed by atoms with Crippen LogP contribution in [0.15, 0.2) is 24.3 Å². The van der Waals surface area contributed by atoms with Gasteiger partial charge in [0.2, 0.25) is 5.91 Å². The zero-order valence-corrected chi connectivity index (χ0v) is 11.0. The summed E-state index contributed by atoms with van der Waals surface area (Å²) in [7, 11) is 0. The highest BCUT2D eigenvalue weighted by molar-refractivity contribution is 5.75. The lowest BCUT2D eigenvalue weighted by Gasteiger charge is -2.00. The van der Waals surface area contributed by atoms with Crippen molar-refractivity contribution >= 4 is 5.91 Å². The summed E-state index contributed by atoms with van der Waals surface area (Å²) >= 11 is 0. The van der Waals surface area contributed by atoms with Crippen LogP contribution in [0.2, 0.25) is 0 Å². The van der Waals surface area contributed by atoms with E-state index >= 15 is 0 Å². The molecular weight excluding hydrogens is 240 g/mol. The summed E-state index contributed by atoms with van der Waals surface area (Å²) < 4.78 is 0. The summed E-state index contributed by atoms with van der Waals surface area (Å²) in [6.45, 7) is 2.18. The van der Waals surface area contributed by atoms with Gasteiger partial charge in [-0.25, -0.2) is 4.98 Å². The maximum absolute atomic E-state index is 10.8. The zero-order chi connectivity index (χ0) is 13.7. The van der Waals surface area contributed by atoms with Crippen LogP contribution in [0.5, 0.6) is 0 Å². The molecule has 0 aliphatic carbocycles. The minimum atomic E-state index is -0.419. The Morgan fingerprint density at radius 2 is 2.05 bits per heavy atom. The van der Waals surface area contributed by atoms with Gasteiger partial charge in [0, 0.05) is 5.56 Å². The van der Waals surface area contributed by atoms with Crippen LogP contribution < -0.4 is 5.73 Å². The van der Waals surface area contributed by atoms with Crippen molar-refractivity contribution in [3.8, 4) is 11.4 Å². The van der Waals surface area contributed by atoms with Gasteiger partial charge in [-0.05, 0) is 18.4 Å². The largest absolute Gasteiger partial charge is 0.369 e. The average Bonchev–Trinajstić information content (AvgIpc) is 2.84. The highest BCUT2D eigenvalue weighted by Gasteiger charge is 2.07. The molecule has 0 aliphatic rings. The maximum atomic E-state index is 10.8. The van der Waals surface area contributed by atoms with E-state index in [1.165, 1.54) is 18.4 Å². The van der Waals surface area contributed by atoms with E-state index < -0.39 is 5.91 Å². The third-order valence-corrected chi connectivity index (χ3v) is 2.90. The number of amides is 1. The number of unbranched alkanes of at least 4 members (excludes halogenated alkanes) is 1. The number of carbonyl (C=O) groups excluding carboxylic acids is 1. The van der Waals surface area contributed by atoms with E-state index in [0.717, 1.165) is 12.0 Å². The Bertz CT molecular complexity index is 545. The van der Waals surface area contributed by atoms with Gasteiger partial charge in [0.05, 0.1) is 6.42 Å². The quantitative estimate of drug-likeness (QED) is 0.829. The summed E-state index contributed by atoms with van der Waals surface area (Å²) in [5.41, 5.74) is 7.37. The van der Waals surface area contributed by atoms with E-state index in [9.17, 15) is 4.79 Å². The van der Waals surface area contributed by atoms with E-state index in [-0.39, 0.29) is 6.42 Å². The van der Waals surface area contributed by atoms with Gasteiger partial charge in [-0.2, -0.15) is 5.10 Å².